The first-order chi connectivity index (χ1) is 13.3. The highest BCUT2D eigenvalue weighted by Crippen LogP contribution is 2.48. The van der Waals surface area contributed by atoms with Crippen molar-refractivity contribution in [3.8, 4) is 17.0 Å². The van der Waals surface area contributed by atoms with Crippen LogP contribution in [0.15, 0.2) is 30.3 Å². The van der Waals surface area contributed by atoms with E-state index in [0.717, 1.165) is 25.3 Å². The lowest BCUT2D eigenvalue weighted by atomic mass is 9.97. The van der Waals surface area contributed by atoms with Gasteiger partial charge in [-0.2, -0.15) is 13.2 Å². The Bertz CT molecular complexity index is 750. The number of pyridine rings is 1. The van der Waals surface area contributed by atoms with E-state index in [1.165, 1.54) is 12.1 Å². The zero-order chi connectivity index (χ0) is 21.5. The molecule has 156 valence electrons. The number of benzene rings is 1. The summed E-state index contributed by atoms with van der Waals surface area (Å²) in [5.41, 5.74) is -0.111. The standard InChI is InChI=1S/C16H12F5NO2.C2H6.CH4O/c17-6-13(23)12-5-10-11(16(19,20)21)7-24-15(10)14(22-12)8-1-3-9(18)4-2-8;2*1-2/h1-5,11,13,23H,6-7H2;1-2H3;2H,1H3. The van der Waals surface area contributed by atoms with Crippen LogP contribution in [0.5, 0.6) is 5.75 Å². The predicted molar refractivity (Wildman–Crippen MR) is 94.3 cm³/mol. The van der Waals surface area contributed by atoms with Crippen molar-refractivity contribution in [3.63, 3.8) is 0 Å². The minimum Gasteiger partial charge on any atom is -0.490 e. The van der Waals surface area contributed by atoms with Crippen molar-refractivity contribution in [2.24, 2.45) is 0 Å². The van der Waals surface area contributed by atoms with E-state index in [0.29, 0.717) is 5.56 Å². The Labute approximate surface area is 159 Å². The van der Waals surface area contributed by atoms with E-state index in [-0.39, 0.29) is 22.7 Å². The Morgan fingerprint density at radius 1 is 1.18 bits per heavy atom. The van der Waals surface area contributed by atoms with Crippen molar-refractivity contribution in [1.29, 1.82) is 0 Å². The minimum atomic E-state index is -4.55. The van der Waals surface area contributed by atoms with Gasteiger partial charge in [0.2, 0.25) is 0 Å². The fourth-order valence-electron chi connectivity index (χ4n) is 2.56. The van der Waals surface area contributed by atoms with E-state index in [2.05, 4.69) is 4.98 Å². The molecule has 2 atom stereocenters. The predicted octanol–water partition coefficient (Wildman–Crippen LogP) is 4.56. The number of alkyl halides is 4. The summed E-state index contributed by atoms with van der Waals surface area (Å²) in [5, 5.41) is 16.6. The van der Waals surface area contributed by atoms with Crippen LogP contribution in [0.2, 0.25) is 0 Å². The number of fused-ring (bicyclic) bond motifs is 1. The number of halogens is 5. The molecular formula is C19H22F5NO3. The molecule has 0 bridgehead atoms. The highest BCUT2D eigenvalue weighted by Gasteiger charge is 2.47. The Morgan fingerprint density at radius 2 is 1.75 bits per heavy atom. The van der Waals surface area contributed by atoms with Crippen LogP contribution >= 0.6 is 0 Å². The van der Waals surface area contributed by atoms with Crippen LogP contribution in [-0.4, -0.2) is 41.8 Å². The molecule has 1 aliphatic rings. The molecule has 0 radical (unpaired) electrons. The number of hydrogen-bond acceptors (Lipinski definition) is 4. The molecule has 0 amide bonds. The number of ether oxygens (including phenoxy) is 1. The molecule has 0 aliphatic carbocycles. The maximum absolute atomic E-state index is 13.2. The maximum atomic E-state index is 13.2. The molecule has 2 heterocycles. The number of nitrogens with zero attached hydrogens (tertiary/aromatic N) is 1. The molecule has 2 unspecified atom stereocenters. The summed E-state index contributed by atoms with van der Waals surface area (Å²) in [6.07, 6.45) is -6.20. The van der Waals surface area contributed by atoms with E-state index >= 15 is 0 Å². The summed E-state index contributed by atoms with van der Waals surface area (Å²) in [7, 11) is 1.00. The number of aliphatic hydroxyl groups excluding tert-OH is 2. The Morgan fingerprint density at radius 3 is 2.25 bits per heavy atom. The molecule has 0 fully saturated rings. The first-order valence-electron chi connectivity index (χ1n) is 8.50. The van der Waals surface area contributed by atoms with Gasteiger partial charge in [-0.1, -0.05) is 13.8 Å². The van der Waals surface area contributed by atoms with Gasteiger partial charge in [0.1, 0.15) is 42.6 Å². The average molecular weight is 407 g/mol. The lowest BCUT2D eigenvalue weighted by Gasteiger charge is -2.16. The highest BCUT2D eigenvalue weighted by atomic mass is 19.4. The molecule has 1 aliphatic heterocycles. The topological polar surface area (TPSA) is 62.6 Å². The molecule has 2 N–H and O–H groups in total. The molecule has 1 aromatic carbocycles. The largest absolute Gasteiger partial charge is 0.490 e. The second-order valence-corrected chi connectivity index (χ2v) is 5.40. The average Bonchev–Trinajstić information content (AvgIpc) is 3.15. The van der Waals surface area contributed by atoms with Gasteiger partial charge in [0.05, 0.1) is 5.69 Å². The third-order valence-corrected chi connectivity index (χ3v) is 3.79. The molecule has 0 saturated heterocycles. The summed E-state index contributed by atoms with van der Waals surface area (Å²) in [4.78, 5) is 4.03. The Kier molecular flexibility index (Phi) is 8.77. The van der Waals surface area contributed by atoms with Crippen molar-refractivity contribution in [2.45, 2.75) is 32.0 Å². The van der Waals surface area contributed by atoms with Gasteiger partial charge in [-0.25, -0.2) is 13.8 Å². The van der Waals surface area contributed by atoms with Crippen molar-refractivity contribution >= 4 is 0 Å². The third-order valence-electron chi connectivity index (χ3n) is 3.79. The Balaban J connectivity index is 0.000000921. The fraction of sp³-hybridized carbons (Fsp3) is 0.421. The molecule has 1 aromatic heterocycles. The van der Waals surface area contributed by atoms with Crippen LogP contribution < -0.4 is 4.74 Å². The molecule has 9 heteroatoms. The molecule has 28 heavy (non-hydrogen) atoms. The molecule has 3 rings (SSSR count). The summed E-state index contributed by atoms with van der Waals surface area (Å²) >= 11 is 0. The van der Waals surface area contributed by atoms with Gasteiger partial charge < -0.3 is 14.9 Å². The molecule has 0 spiro atoms. The zero-order valence-electron chi connectivity index (χ0n) is 15.6. The lowest BCUT2D eigenvalue weighted by Crippen LogP contribution is -2.22. The number of aliphatic hydroxyl groups is 2. The van der Waals surface area contributed by atoms with Gasteiger partial charge >= 0.3 is 6.18 Å². The minimum absolute atomic E-state index is 0.0155. The summed E-state index contributed by atoms with van der Waals surface area (Å²) in [5.74, 6) is -2.50. The van der Waals surface area contributed by atoms with Gasteiger partial charge in [0, 0.05) is 18.2 Å². The van der Waals surface area contributed by atoms with Crippen LogP contribution in [0.3, 0.4) is 0 Å². The summed E-state index contributed by atoms with van der Waals surface area (Å²) in [6.45, 7) is 2.19. The maximum Gasteiger partial charge on any atom is 0.399 e. The van der Waals surface area contributed by atoms with Gasteiger partial charge in [0.25, 0.3) is 0 Å². The van der Waals surface area contributed by atoms with E-state index in [9.17, 15) is 27.1 Å². The van der Waals surface area contributed by atoms with E-state index in [1.54, 1.807) is 0 Å². The zero-order valence-corrected chi connectivity index (χ0v) is 15.6. The molecule has 2 aromatic rings. The first-order valence-corrected chi connectivity index (χ1v) is 8.50. The summed E-state index contributed by atoms with van der Waals surface area (Å²) in [6, 6.07) is 5.91. The molecule has 0 saturated carbocycles. The molecule has 4 nitrogen and oxygen atoms in total. The second-order valence-electron chi connectivity index (χ2n) is 5.40. The van der Waals surface area contributed by atoms with Gasteiger partial charge in [0.15, 0.2) is 0 Å². The lowest BCUT2D eigenvalue weighted by molar-refractivity contribution is -0.151. The summed E-state index contributed by atoms with van der Waals surface area (Å²) < 4.78 is 70.5. The second kappa shape index (κ2) is 10.3. The third kappa shape index (κ3) is 5.17. The number of aromatic nitrogens is 1. The van der Waals surface area contributed by atoms with Crippen molar-refractivity contribution in [2.75, 3.05) is 20.4 Å². The normalized spacial score (nSPS) is 16.0. The quantitative estimate of drug-likeness (QED) is 0.732. The van der Waals surface area contributed by atoms with Crippen LogP contribution in [0.25, 0.3) is 11.3 Å². The van der Waals surface area contributed by atoms with Crippen molar-refractivity contribution in [1.82, 2.24) is 4.98 Å². The van der Waals surface area contributed by atoms with Crippen LogP contribution in [0, 0.1) is 5.82 Å². The van der Waals surface area contributed by atoms with Crippen molar-refractivity contribution < 1.29 is 36.9 Å². The van der Waals surface area contributed by atoms with Crippen LogP contribution in [0.1, 0.15) is 37.1 Å². The van der Waals surface area contributed by atoms with Crippen LogP contribution in [0.4, 0.5) is 22.0 Å². The van der Waals surface area contributed by atoms with E-state index < -0.39 is 37.3 Å². The SMILES string of the molecule is CC.CO.OC(CF)c1cc2c(c(-c3ccc(F)cc3)n1)OCC2C(F)(F)F. The smallest absolute Gasteiger partial charge is 0.399 e. The monoisotopic (exact) mass is 407 g/mol. The number of rotatable bonds is 3. The van der Waals surface area contributed by atoms with Crippen molar-refractivity contribution in [3.05, 3.63) is 47.4 Å². The van der Waals surface area contributed by atoms with Gasteiger partial charge in [-0.05, 0) is 30.3 Å². The van der Waals surface area contributed by atoms with Crippen LogP contribution in [-0.2, 0) is 0 Å². The number of hydrogen-bond donors (Lipinski definition) is 2. The van der Waals surface area contributed by atoms with E-state index in [4.69, 9.17) is 9.84 Å². The molecular weight excluding hydrogens is 385 g/mol. The van der Waals surface area contributed by atoms with E-state index in [1.807, 2.05) is 13.8 Å². The highest BCUT2D eigenvalue weighted by molar-refractivity contribution is 5.70. The fourth-order valence-corrected chi connectivity index (χ4v) is 2.56. The first kappa shape index (κ1) is 23.8. The van der Waals surface area contributed by atoms with Gasteiger partial charge in [-0.15, -0.1) is 0 Å². The van der Waals surface area contributed by atoms with Gasteiger partial charge in [-0.3, -0.25) is 0 Å². The Hall–Kier alpha value is -2.26.